The molecule has 0 aliphatic carbocycles. The molecule has 0 spiro atoms. The fraction of sp³-hybridized carbons (Fsp3) is 0.300. The van der Waals surface area contributed by atoms with E-state index in [9.17, 15) is 4.79 Å². The molecule has 0 fully saturated rings. The first kappa shape index (κ1) is 11.0. The van der Waals surface area contributed by atoms with Gasteiger partial charge in [-0.15, -0.1) is 0 Å². The number of benzene rings is 1. The molecule has 76 valence electrons. The molecule has 0 aliphatic heterocycles. The van der Waals surface area contributed by atoms with E-state index in [4.69, 9.17) is 4.74 Å². The lowest BCUT2D eigenvalue weighted by molar-refractivity contribution is 0.0956. The predicted octanol–water partition coefficient (Wildman–Crippen LogP) is 1.82. The van der Waals surface area contributed by atoms with Gasteiger partial charge in [-0.05, 0) is 18.2 Å². The highest BCUT2D eigenvalue weighted by atomic mass is 79.9. The Kier molecular flexibility index (Phi) is 4.46. The van der Waals surface area contributed by atoms with Gasteiger partial charge in [-0.25, -0.2) is 0 Å². The van der Waals surface area contributed by atoms with Gasteiger partial charge < -0.3 is 10.1 Å². The van der Waals surface area contributed by atoms with E-state index in [1.165, 1.54) is 0 Å². The minimum Gasteiger partial charge on any atom is -0.497 e. The van der Waals surface area contributed by atoms with E-state index in [2.05, 4.69) is 21.2 Å². The van der Waals surface area contributed by atoms with Crippen LogP contribution < -0.4 is 10.1 Å². The summed E-state index contributed by atoms with van der Waals surface area (Å²) < 4.78 is 5.02. The number of alkyl halides is 1. The molecule has 0 radical (unpaired) electrons. The Labute approximate surface area is 91.6 Å². The van der Waals surface area contributed by atoms with Crippen LogP contribution in [0.3, 0.4) is 0 Å². The second-order valence-corrected chi connectivity index (χ2v) is 3.47. The number of nitrogens with one attached hydrogen (secondary N) is 1. The molecular formula is C10H12BrNO2. The number of carbonyl (C=O) groups excluding carboxylic acids is 1. The fourth-order valence-electron chi connectivity index (χ4n) is 1.03. The summed E-state index contributed by atoms with van der Waals surface area (Å²) in [6.07, 6.45) is 0. The third-order valence-corrected chi connectivity index (χ3v) is 2.11. The molecule has 3 nitrogen and oxygen atoms in total. The summed E-state index contributed by atoms with van der Waals surface area (Å²) in [5, 5.41) is 3.51. The second kappa shape index (κ2) is 5.65. The standard InChI is InChI=1S/C10H12BrNO2/c1-14-9-4-2-3-8(7-9)10(13)12-6-5-11/h2-4,7H,5-6H2,1H3,(H,12,13). The smallest absolute Gasteiger partial charge is 0.251 e. The number of hydrogen-bond acceptors (Lipinski definition) is 2. The summed E-state index contributed by atoms with van der Waals surface area (Å²) >= 11 is 3.24. The number of amides is 1. The van der Waals surface area contributed by atoms with Crippen LogP contribution in [0, 0.1) is 0 Å². The first-order valence-electron chi connectivity index (χ1n) is 4.26. The molecule has 1 rings (SSSR count). The van der Waals surface area contributed by atoms with E-state index in [-0.39, 0.29) is 5.91 Å². The summed E-state index contributed by atoms with van der Waals surface area (Å²) in [4.78, 5) is 11.5. The maximum atomic E-state index is 11.5. The van der Waals surface area contributed by atoms with Gasteiger partial charge in [0.25, 0.3) is 5.91 Å². The van der Waals surface area contributed by atoms with Crippen molar-refractivity contribution in [1.82, 2.24) is 5.32 Å². The van der Waals surface area contributed by atoms with Crippen molar-refractivity contribution in [3.63, 3.8) is 0 Å². The van der Waals surface area contributed by atoms with Crippen LogP contribution in [0.4, 0.5) is 0 Å². The Morgan fingerprint density at radius 2 is 2.36 bits per heavy atom. The van der Waals surface area contributed by atoms with Crippen LogP contribution in [0.25, 0.3) is 0 Å². The topological polar surface area (TPSA) is 38.3 Å². The molecule has 1 amide bonds. The first-order chi connectivity index (χ1) is 6.77. The van der Waals surface area contributed by atoms with Gasteiger partial charge in [0.1, 0.15) is 5.75 Å². The maximum Gasteiger partial charge on any atom is 0.251 e. The molecule has 1 N–H and O–H groups in total. The van der Waals surface area contributed by atoms with Gasteiger partial charge in [0, 0.05) is 17.4 Å². The molecule has 0 heterocycles. The predicted molar refractivity (Wildman–Crippen MR) is 59.1 cm³/mol. The van der Waals surface area contributed by atoms with Gasteiger partial charge >= 0.3 is 0 Å². The number of halogens is 1. The average molecular weight is 258 g/mol. The van der Waals surface area contributed by atoms with E-state index in [1.54, 1.807) is 31.4 Å². The number of methoxy groups -OCH3 is 1. The lowest BCUT2D eigenvalue weighted by Gasteiger charge is -2.04. The van der Waals surface area contributed by atoms with Crippen molar-refractivity contribution in [3.8, 4) is 5.75 Å². The van der Waals surface area contributed by atoms with Gasteiger partial charge in [0.2, 0.25) is 0 Å². The summed E-state index contributed by atoms with van der Waals surface area (Å²) in [6, 6.07) is 7.07. The van der Waals surface area contributed by atoms with Gasteiger partial charge in [-0.3, -0.25) is 4.79 Å². The van der Waals surface area contributed by atoms with Gasteiger partial charge in [0.05, 0.1) is 7.11 Å². The molecule has 0 bridgehead atoms. The SMILES string of the molecule is COc1cccc(C(=O)NCCBr)c1. The summed E-state index contributed by atoms with van der Waals surface area (Å²) in [6.45, 7) is 0.621. The Hall–Kier alpha value is -1.03. The van der Waals surface area contributed by atoms with Crippen molar-refractivity contribution in [1.29, 1.82) is 0 Å². The van der Waals surface area contributed by atoms with Crippen molar-refractivity contribution in [2.45, 2.75) is 0 Å². The molecule has 4 heteroatoms. The summed E-state index contributed by atoms with van der Waals surface area (Å²) in [7, 11) is 1.58. The third kappa shape index (κ3) is 3.03. The minimum absolute atomic E-state index is 0.0802. The highest BCUT2D eigenvalue weighted by Gasteiger charge is 2.04. The highest BCUT2D eigenvalue weighted by Crippen LogP contribution is 2.12. The molecular weight excluding hydrogens is 246 g/mol. The van der Waals surface area contributed by atoms with Gasteiger partial charge in [0.15, 0.2) is 0 Å². The Morgan fingerprint density at radius 3 is 3.00 bits per heavy atom. The molecule has 1 aromatic rings. The average Bonchev–Trinajstić information content (AvgIpc) is 2.26. The fourth-order valence-corrected chi connectivity index (χ4v) is 1.23. The number of hydrogen-bond donors (Lipinski definition) is 1. The van der Waals surface area contributed by atoms with Crippen LogP contribution in [0.1, 0.15) is 10.4 Å². The zero-order valence-corrected chi connectivity index (χ0v) is 9.50. The molecule has 0 aromatic heterocycles. The molecule has 0 saturated carbocycles. The lowest BCUT2D eigenvalue weighted by atomic mass is 10.2. The van der Waals surface area contributed by atoms with Crippen LogP contribution in [0.15, 0.2) is 24.3 Å². The normalized spacial score (nSPS) is 9.57. The largest absolute Gasteiger partial charge is 0.497 e. The van der Waals surface area contributed by atoms with Crippen LogP contribution in [0.2, 0.25) is 0 Å². The molecule has 14 heavy (non-hydrogen) atoms. The highest BCUT2D eigenvalue weighted by molar-refractivity contribution is 9.09. The molecule has 0 unspecified atom stereocenters. The lowest BCUT2D eigenvalue weighted by Crippen LogP contribution is -2.25. The van der Waals surface area contributed by atoms with E-state index in [1.807, 2.05) is 0 Å². The van der Waals surface area contributed by atoms with E-state index in [0.717, 1.165) is 5.33 Å². The molecule has 0 aliphatic rings. The first-order valence-corrected chi connectivity index (χ1v) is 5.38. The summed E-state index contributed by atoms with van der Waals surface area (Å²) in [5.74, 6) is 0.611. The minimum atomic E-state index is -0.0802. The summed E-state index contributed by atoms with van der Waals surface area (Å²) in [5.41, 5.74) is 0.616. The van der Waals surface area contributed by atoms with Crippen molar-refractivity contribution in [2.24, 2.45) is 0 Å². The second-order valence-electron chi connectivity index (χ2n) is 2.68. The van der Waals surface area contributed by atoms with Gasteiger partial charge in [-0.2, -0.15) is 0 Å². The van der Waals surface area contributed by atoms with E-state index in [0.29, 0.717) is 17.9 Å². The Balaban J connectivity index is 2.69. The zero-order valence-electron chi connectivity index (χ0n) is 7.92. The number of ether oxygens (including phenoxy) is 1. The van der Waals surface area contributed by atoms with Crippen molar-refractivity contribution in [3.05, 3.63) is 29.8 Å². The van der Waals surface area contributed by atoms with Crippen LogP contribution in [-0.2, 0) is 0 Å². The van der Waals surface area contributed by atoms with Crippen molar-refractivity contribution in [2.75, 3.05) is 19.0 Å². The molecule has 0 atom stereocenters. The third-order valence-electron chi connectivity index (χ3n) is 1.71. The van der Waals surface area contributed by atoms with Crippen LogP contribution >= 0.6 is 15.9 Å². The Bertz CT molecular complexity index is 315. The quantitative estimate of drug-likeness (QED) is 0.836. The monoisotopic (exact) mass is 257 g/mol. The molecule has 0 saturated heterocycles. The van der Waals surface area contributed by atoms with E-state index >= 15 is 0 Å². The number of carbonyl (C=O) groups is 1. The number of rotatable bonds is 4. The molecule has 1 aromatic carbocycles. The van der Waals surface area contributed by atoms with Crippen LogP contribution in [-0.4, -0.2) is 24.9 Å². The Morgan fingerprint density at radius 1 is 1.57 bits per heavy atom. The maximum absolute atomic E-state index is 11.5. The van der Waals surface area contributed by atoms with Crippen LogP contribution in [0.5, 0.6) is 5.75 Å². The van der Waals surface area contributed by atoms with Gasteiger partial charge in [-0.1, -0.05) is 22.0 Å². The van der Waals surface area contributed by atoms with Crippen molar-refractivity contribution >= 4 is 21.8 Å². The van der Waals surface area contributed by atoms with E-state index < -0.39 is 0 Å². The zero-order chi connectivity index (χ0) is 10.4. The van der Waals surface area contributed by atoms with Crippen molar-refractivity contribution < 1.29 is 9.53 Å².